The summed E-state index contributed by atoms with van der Waals surface area (Å²) >= 11 is 0. The third-order valence-corrected chi connectivity index (χ3v) is 2.56. The highest BCUT2D eigenvalue weighted by molar-refractivity contribution is 6.19. The van der Waals surface area contributed by atoms with Crippen LogP contribution in [0, 0.1) is 0 Å². The molecule has 2 rings (SSSR count). The predicted molar refractivity (Wildman–Crippen MR) is 75.3 cm³/mol. The van der Waals surface area contributed by atoms with E-state index >= 15 is 0 Å². The van der Waals surface area contributed by atoms with Crippen molar-refractivity contribution in [2.75, 3.05) is 0 Å². The molecule has 0 aliphatic carbocycles. The minimum Gasteiger partial charge on any atom is -0.366 e. The molecule has 0 aliphatic heterocycles. The van der Waals surface area contributed by atoms with Gasteiger partial charge in [-0.25, -0.2) is 0 Å². The summed E-state index contributed by atoms with van der Waals surface area (Å²) in [4.78, 5) is 11.2. The molecule has 0 fully saturated rings. The lowest BCUT2D eigenvalue weighted by Crippen LogP contribution is -2.11. The van der Waals surface area contributed by atoms with Crippen LogP contribution >= 0.6 is 0 Å². The predicted octanol–water partition coefficient (Wildman–Crippen LogP) is 3.60. The molecule has 0 aliphatic rings. The summed E-state index contributed by atoms with van der Waals surface area (Å²) in [5, 5.41) is 8.25. The largest absolute Gasteiger partial charge is 0.366 e. The molecular formula is C15H13N3O. The number of primary amides is 1. The maximum atomic E-state index is 11.2. The molecule has 94 valence electrons. The molecular weight excluding hydrogens is 238 g/mol. The quantitative estimate of drug-likeness (QED) is 0.654. The van der Waals surface area contributed by atoms with E-state index in [2.05, 4.69) is 16.8 Å². The lowest BCUT2D eigenvalue weighted by Gasteiger charge is -2.04. The van der Waals surface area contributed by atoms with Crippen molar-refractivity contribution in [3.8, 4) is 0 Å². The summed E-state index contributed by atoms with van der Waals surface area (Å²) in [7, 11) is 0. The van der Waals surface area contributed by atoms with Crippen molar-refractivity contribution in [3.05, 3.63) is 66.7 Å². The van der Waals surface area contributed by atoms with Gasteiger partial charge in [0.05, 0.1) is 11.4 Å². The van der Waals surface area contributed by atoms with E-state index < -0.39 is 5.91 Å². The van der Waals surface area contributed by atoms with E-state index in [1.807, 2.05) is 36.4 Å². The summed E-state index contributed by atoms with van der Waals surface area (Å²) in [6, 6.07) is 16.5. The third-order valence-electron chi connectivity index (χ3n) is 2.56. The second-order valence-corrected chi connectivity index (χ2v) is 3.90. The molecule has 4 heteroatoms. The van der Waals surface area contributed by atoms with Gasteiger partial charge in [-0.05, 0) is 18.2 Å². The van der Waals surface area contributed by atoms with Crippen LogP contribution in [0.2, 0.25) is 0 Å². The van der Waals surface area contributed by atoms with Crippen LogP contribution in [-0.2, 0) is 4.79 Å². The van der Waals surface area contributed by atoms with E-state index in [0.29, 0.717) is 11.3 Å². The molecule has 19 heavy (non-hydrogen) atoms. The van der Waals surface area contributed by atoms with E-state index in [1.54, 1.807) is 18.2 Å². The Morgan fingerprint density at radius 2 is 1.58 bits per heavy atom. The smallest absolute Gasteiger partial charge is 0.248 e. The standard InChI is InChI=1S/C15H13N3O/c1-11(15(16)19)13-9-5-6-10-14(13)18-17-12-7-3-2-4-8-12/h2-10H,1H2,(H2,16,19). The highest BCUT2D eigenvalue weighted by atomic mass is 16.1. The number of hydrogen-bond acceptors (Lipinski definition) is 3. The molecule has 0 aromatic heterocycles. The molecule has 2 N–H and O–H groups in total. The average molecular weight is 251 g/mol. The van der Waals surface area contributed by atoms with Crippen LogP contribution in [0.3, 0.4) is 0 Å². The summed E-state index contributed by atoms with van der Waals surface area (Å²) in [6.07, 6.45) is 0. The Labute approximate surface area is 111 Å². The maximum Gasteiger partial charge on any atom is 0.248 e. The number of benzene rings is 2. The maximum absolute atomic E-state index is 11.2. The molecule has 0 heterocycles. The molecule has 0 bridgehead atoms. The second kappa shape index (κ2) is 5.73. The monoisotopic (exact) mass is 251 g/mol. The van der Waals surface area contributed by atoms with Crippen LogP contribution < -0.4 is 5.73 Å². The Hall–Kier alpha value is -2.75. The van der Waals surface area contributed by atoms with Crippen molar-refractivity contribution >= 4 is 22.9 Å². The van der Waals surface area contributed by atoms with Gasteiger partial charge >= 0.3 is 0 Å². The summed E-state index contributed by atoms with van der Waals surface area (Å²) in [6.45, 7) is 3.66. The fourth-order valence-electron chi connectivity index (χ4n) is 1.56. The Bertz CT molecular complexity index is 633. The topological polar surface area (TPSA) is 67.8 Å². The van der Waals surface area contributed by atoms with Crippen LogP contribution in [0.1, 0.15) is 5.56 Å². The Kier molecular flexibility index (Phi) is 3.83. The number of rotatable bonds is 4. The van der Waals surface area contributed by atoms with Crippen molar-refractivity contribution in [1.29, 1.82) is 0 Å². The third kappa shape index (κ3) is 3.13. The molecule has 2 aromatic rings. The lowest BCUT2D eigenvalue weighted by molar-refractivity contribution is -0.112. The van der Waals surface area contributed by atoms with Crippen LogP contribution in [0.15, 0.2) is 71.4 Å². The lowest BCUT2D eigenvalue weighted by atomic mass is 10.1. The first-order valence-electron chi connectivity index (χ1n) is 5.73. The Morgan fingerprint density at radius 3 is 2.26 bits per heavy atom. The highest BCUT2D eigenvalue weighted by Crippen LogP contribution is 2.26. The Balaban J connectivity index is 2.33. The number of hydrogen-bond donors (Lipinski definition) is 1. The van der Waals surface area contributed by atoms with Crippen LogP contribution in [0.25, 0.3) is 5.57 Å². The minimum absolute atomic E-state index is 0.225. The molecule has 0 radical (unpaired) electrons. The molecule has 0 unspecified atom stereocenters. The fraction of sp³-hybridized carbons (Fsp3) is 0. The van der Waals surface area contributed by atoms with Crippen molar-refractivity contribution in [2.45, 2.75) is 0 Å². The first kappa shape index (κ1) is 12.7. The van der Waals surface area contributed by atoms with E-state index in [1.165, 1.54) is 0 Å². The van der Waals surface area contributed by atoms with E-state index in [0.717, 1.165) is 5.69 Å². The van der Waals surface area contributed by atoms with Gasteiger partial charge < -0.3 is 5.73 Å². The Morgan fingerprint density at radius 1 is 0.947 bits per heavy atom. The summed E-state index contributed by atoms with van der Waals surface area (Å²) < 4.78 is 0. The van der Waals surface area contributed by atoms with Crippen molar-refractivity contribution in [1.82, 2.24) is 0 Å². The number of amides is 1. The van der Waals surface area contributed by atoms with E-state index in [4.69, 9.17) is 5.73 Å². The van der Waals surface area contributed by atoms with Crippen molar-refractivity contribution in [2.24, 2.45) is 16.0 Å². The normalized spacial score (nSPS) is 10.5. The van der Waals surface area contributed by atoms with Crippen LogP contribution in [0.5, 0.6) is 0 Å². The zero-order valence-corrected chi connectivity index (χ0v) is 10.3. The zero-order chi connectivity index (χ0) is 13.7. The van der Waals surface area contributed by atoms with E-state index in [9.17, 15) is 4.79 Å². The number of carbonyl (C=O) groups excluding carboxylic acids is 1. The summed E-state index contributed by atoms with van der Waals surface area (Å²) in [5.74, 6) is -0.567. The molecule has 4 nitrogen and oxygen atoms in total. The SMILES string of the molecule is C=C(C(N)=O)c1ccccc1N=Nc1ccccc1. The number of azo groups is 1. The van der Waals surface area contributed by atoms with E-state index in [-0.39, 0.29) is 5.57 Å². The van der Waals surface area contributed by atoms with Gasteiger partial charge in [0.1, 0.15) is 0 Å². The zero-order valence-electron chi connectivity index (χ0n) is 10.3. The van der Waals surface area contributed by atoms with Crippen LogP contribution in [-0.4, -0.2) is 5.91 Å². The van der Waals surface area contributed by atoms with Gasteiger partial charge in [0.2, 0.25) is 5.91 Å². The molecule has 0 spiro atoms. The first-order valence-corrected chi connectivity index (χ1v) is 5.73. The van der Waals surface area contributed by atoms with Gasteiger partial charge in [-0.1, -0.05) is 43.0 Å². The average Bonchev–Trinajstić information content (AvgIpc) is 2.45. The molecule has 0 saturated carbocycles. The molecule has 1 amide bonds. The number of nitrogens with zero attached hydrogens (tertiary/aromatic N) is 2. The highest BCUT2D eigenvalue weighted by Gasteiger charge is 2.09. The molecule has 0 saturated heterocycles. The molecule has 0 atom stereocenters. The number of nitrogens with two attached hydrogens (primary N) is 1. The van der Waals surface area contributed by atoms with Gasteiger partial charge in [0.15, 0.2) is 0 Å². The first-order chi connectivity index (χ1) is 9.18. The van der Waals surface area contributed by atoms with Crippen molar-refractivity contribution < 1.29 is 4.79 Å². The number of carbonyl (C=O) groups is 1. The van der Waals surface area contributed by atoms with Gasteiger partial charge in [-0.3, -0.25) is 4.79 Å². The van der Waals surface area contributed by atoms with Crippen LogP contribution in [0.4, 0.5) is 11.4 Å². The van der Waals surface area contributed by atoms with Gasteiger partial charge in [-0.2, -0.15) is 5.11 Å². The minimum atomic E-state index is -0.567. The fourth-order valence-corrected chi connectivity index (χ4v) is 1.56. The van der Waals surface area contributed by atoms with Crippen molar-refractivity contribution in [3.63, 3.8) is 0 Å². The summed E-state index contributed by atoms with van der Waals surface area (Å²) in [5.41, 5.74) is 7.35. The van der Waals surface area contributed by atoms with Gasteiger partial charge in [0.25, 0.3) is 0 Å². The second-order valence-electron chi connectivity index (χ2n) is 3.90. The molecule has 2 aromatic carbocycles. The van der Waals surface area contributed by atoms with Gasteiger partial charge in [0, 0.05) is 11.1 Å². The van der Waals surface area contributed by atoms with Gasteiger partial charge in [-0.15, -0.1) is 5.11 Å².